The number of ketones is 1. The molecule has 8 N–H and O–H groups in total. The molecule has 2 amide bonds. The fourth-order valence-electron chi connectivity index (χ4n) is 5.05. The van der Waals surface area contributed by atoms with Gasteiger partial charge in [-0.1, -0.05) is 38.2 Å². The minimum Gasteiger partial charge on any atom is -0.506 e. The highest BCUT2D eigenvalue weighted by atomic mass is 16.6. The molecule has 44 heavy (non-hydrogen) atoms. The number of hydrogen-bond donors (Lipinski definition) is 7. The zero-order chi connectivity index (χ0) is 33.1. The Kier molecular flexibility index (Phi) is 13.9. The minimum atomic E-state index is -1.01. The van der Waals surface area contributed by atoms with Crippen molar-refractivity contribution in [3.05, 3.63) is 47.1 Å². The van der Waals surface area contributed by atoms with Crippen molar-refractivity contribution < 1.29 is 49.0 Å². The maximum Gasteiger partial charge on any atom is 0.405 e. The van der Waals surface area contributed by atoms with Crippen LogP contribution in [0.2, 0.25) is 0 Å². The molecule has 2 rings (SSSR count). The van der Waals surface area contributed by atoms with Crippen molar-refractivity contribution in [3.63, 3.8) is 0 Å². The number of phenols is 2. The Labute approximate surface area is 257 Å². The molecule has 1 aliphatic heterocycles. The van der Waals surface area contributed by atoms with Gasteiger partial charge in [0.25, 0.3) is 5.91 Å². The molecule has 1 aromatic carbocycles. The molecule has 0 saturated heterocycles. The summed E-state index contributed by atoms with van der Waals surface area (Å²) in [7, 11) is 2.89. The maximum absolute atomic E-state index is 13.0. The molecule has 13 nitrogen and oxygen atoms in total. The lowest BCUT2D eigenvalue weighted by molar-refractivity contribution is -0.120. The van der Waals surface area contributed by atoms with E-state index in [0.29, 0.717) is 12.0 Å². The molecule has 0 radical (unpaired) electrons. The fraction of sp³-hybridized carbons (Fsp3) is 0.516. The Morgan fingerprint density at radius 3 is 2.43 bits per heavy atom. The highest BCUT2D eigenvalue weighted by molar-refractivity contribution is 6.05. The predicted molar refractivity (Wildman–Crippen MR) is 164 cm³/mol. The first-order valence-corrected chi connectivity index (χ1v) is 14.2. The first-order valence-electron chi connectivity index (χ1n) is 14.2. The van der Waals surface area contributed by atoms with Gasteiger partial charge in [0.2, 0.25) is 0 Å². The van der Waals surface area contributed by atoms with Crippen LogP contribution in [0.4, 0.5) is 16.2 Å². The van der Waals surface area contributed by atoms with Crippen LogP contribution < -0.4 is 16.4 Å². The molecule has 1 unspecified atom stereocenters. The third kappa shape index (κ3) is 9.81. The average Bonchev–Trinajstić information content (AvgIpc) is 2.97. The van der Waals surface area contributed by atoms with Crippen LogP contribution in [0, 0.1) is 11.8 Å². The normalized spacial score (nSPS) is 25.4. The van der Waals surface area contributed by atoms with Gasteiger partial charge in [0, 0.05) is 37.3 Å². The monoisotopic (exact) mass is 619 g/mol. The number of anilines is 2. The van der Waals surface area contributed by atoms with E-state index >= 15 is 0 Å². The molecule has 1 aliphatic rings. The van der Waals surface area contributed by atoms with Crippen LogP contribution in [-0.2, 0) is 30.2 Å². The van der Waals surface area contributed by atoms with Gasteiger partial charge >= 0.3 is 6.09 Å². The summed E-state index contributed by atoms with van der Waals surface area (Å²) >= 11 is 0. The second-order valence-corrected chi connectivity index (χ2v) is 11.0. The van der Waals surface area contributed by atoms with Gasteiger partial charge in [-0.25, -0.2) is 4.79 Å². The molecule has 1 heterocycles. The Balaban J connectivity index is 2.67. The first-order chi connectivity index (χ1) is 20.7. The van der Waals surface area contributed by atoms with Crippen molar-refractivity contribution in [1.82, 2.24) is 0 Å². The summed E-state index contributed by atoms with van der Waals surface area (Å²) in [4.78, 5) is 36.6. The molecule has 13 heteroatoms. The number of phenolic OH excluding ortho intramolecular Hbond substituents is 2. The van der Waals surface area contributed by atoms with E-state index in [1.165, 1.54) is 33.3 Å². The lowest BCUT2D eigenvalue weighted by Gasteiger charge is -2.29. The number of methoxy groups -OCH3 is 2. The molecule has 0 spiro atoms. The van der Waals surface area contributed by atoms with Crippen LogP contribution in [0.25, 0.3) is 0 Å². The quantitative estimate of drug-likeness (QED) is 0.134. The van der Waals surface area contributed by atoms with Gasteiger partial charge in [-0.15, -0.1) is 0 Å². The minimum absolute atomic E-state index is 0.0650. The van der Waals surface area contributed by atoms with Gasteiger partial charge in [0.15, 0.2) is 11.9 Å². The van der Waals surface area contributed by atoms with Gasteiger partial charge in [0.05, 0.1) is 30.1 Å². The number of nitrogens with two attached hydrogens (primary N) is 1. The number of carbonyl (C=O) groups excluding carboxylic acids is 3. The molecule has 0 aliphatic carbocycles. The van der Waals surface area contributed by atoms with Crippen molar-refractivity contribution in [2.45, 2.75) is 65.0 Å². The summed E-state index contributed by atoms with van der Waals surface area (Å²) in [6.07, 6.45) is 2.40. The smallest absolute Gasteiger partial charge is 0.405 e. The number of allylic oxidation sites excluding steroid dienone is 2. The summed E-state index contributed by atoms with van der Waals surface area (Å²) in [5.41, 5.74) is 6.37. The van der Waals surface area contributed by atoms with Crippen LogP contribution in [-0.4, -0.2) is 90.0 Å². The average molecular weight is 620 g/mol. The number of hydrogen-bond acceptors (Lipinski definition) is 11. The van der Waals surface area contributed by atoms with Crippen molar-refractivity contribution in [2.24, 2.45) is 17.6 Å². The van der Waals surface area contributed by atoms with Gasteiger partial charge in [0.1, 0.15) is 24.2 Å². The van der Waals surface area contributed by atoms with E-state index in [-0.39, 0.29) is 52.9 Å². The largest absolute Gasteiger partial charge is 0.506 e. The fourth-order valence-corrected chi connectivity index (χ4v) is 5.05. The highest BCUT2D eigenvalue weighted by Gasteiger charge is 2.30. The van der Waals surface area contributed by atoms with E-state index < -0.39 is 54.7 Å². The zero-order valence-electron chi connectivity index (χ0n) is 26.0. The third-order valence-electron chi connectivity index (χ3n) is 7.47. The number of Topliss-reactive ketones (excluding diaryl/α,β-unsaturated/α-hetero) is 1. The van der Waals surface area contributed by atoms with Crippen molar-refractivity contribution in [3.8, 4) is 11.5 Å². The number of carbonyl (C=O) groups is 3. The highest BCUT2D eigenvalue weighted by Crippen LogP contribution is 2.42. The standard InChI is InChI=1S/C31H45N3O10/c1-16-10-21-26(33-14-20(36)15-35)23(37)13-22(28(21)39)34-30(40)17(2)8-7-9-24(42-5)29(44-31(32)41)19(4)12-18(3)27(38)25(11-16)43-6/h7-9,12-13,16,18,24-25,27,29,33,35,37-39H,10-11,14-15H2,1-6H3,(H2,32,41)(H,34,40)/t16-,18+,24+,25?,27-,29+/m1/s1. The van der Waals surface area contributed by atoms with E-state index in [1.54, 1.807) is 26.0 Å². The van der Waals surface area contributed by atoms with Crippen LogP contribution in [0.5, 0.6) is 11.5 Å². The van der Waals surface area contributed by atoms with Crippen molar-refractivity contribution in [2.75, 3.05) is 38.0 Å². The number of aliphatic hydroxyl groups is 2. The molecule has 1 aromatic rings. The lowest BCUT2D eigenvalue weighted by Crippen LogP contribution is -2.37. The predicted octanol–water partition coefficient (Wildman–Crippen LogP) is 2.53. The van der Waals surface area contributed by atoms with Gasteiger partial charge in [-0.2, -0.15) is 0 Å². The van der Waals surface area contributed by atoms with E-state index in [1.807, 2.05) is 6.92 Å². The number of rotatable bonds is 7. The molecular formula is C31H45N3O10. The summed E-state index contributed by atoms with van der Waals surface area (Å²) < 4.78 is 16.5. The summed E-state index contributed by atoms with van der Waals surface area (Å²) in [6, 6.07) is 1.16. The number of ether oxygens (including phenoxy) is 3. The van der Waals surface area contributed by atoms with Crippen LogP contribution in [0.3, 0.4) is 0 Å². The number of aromatic hydroxyl groups is 2. The van der Waals surface area contributed by atoms with E-state index in [2.05, 4.69) is 10.6 Å². The number of aliphatic hydroxyl groups excluding tert-OH is 2. The molecule has 2 bridgehead atoms. The molecule has 0 fully saturated rings. The van der Waals surface area contributed by atoms with Crippen LogP contribution in [0.1, 0.15) is 39.7 Å². The Morgan fingerprint density at radius 1 is 1.16 bits per heavy atom. The Morgan fingerprint density at radius 2 is 1.84 bits per heavy atom. The lowest BCUT2D eigenvalue weighted by atomic mass is 9.87. The summed E-state index contributed by atoms with van der Waals surface area (Å²) in [5, 5.41) is 47.9. The molecule has 244 valence electrons. The van der Waals surface area contributed by atoms with Crippen molar-refractivity contribution >= 4 is 29.2 Å². The zero-order valence-corrected chi connectivity index (χ0v) is 26.0. The molecule has 0 aromatic heterocycles. The van der Waals surface area contributed by atoms with E-state index in [0.717, 1.165) is 6.07 Å². The van der Waals surface area contributed by atoms with Crippen LogP contribution >= 0.6 is 0 Å². The second-order valence-electron chi connectivity index (χ2n) is 11.0. The number of benzene rings is 1. The van der Waals surface area contributed by atoms with Gasteiger partial charge in [-0.05, 0) is 38.2 Å². The molecular weight excluding hydrogens is 574 g/mol. The molecule has 0 saturated carbocycles. The Hall–Kier alpha value is -3.91. The van der Waals surface area contributed by atoms with E-state index in [9.17, 15) is 29.7 Å². The number of nitrogens with one attached hydrogen (secondary N) is 2. The summed E-state index contributed by atoms with van der Waals surface area (Å²) in [6.45, 7) is 5.88. The van der Waals surface area contributed by atoms with Gasteiger partial charge in [-0.3, -0.25) is 9.59 Å². The number of fused-ring (bicyclic) bond motifs is 2. The SMILES string of the molecule is COC1C[C@H](C)Cc2c(O)c(cc(O)c2NCC(=O)CO)NC(=O)C(C)=CC=C[C@H](OC)[C@@H](OC(N)=O)C(C)=C[C@H](C)[C@H]1O. The third-order valence-corrected chi connectivity index (χ3v) is 7.47. The summed E-state index contributed by atoms with van der Waals surface area (Å²) in [5.74, 6) is -2.50. The maximum atomic E-state index is 13.0. The first kappa shape index (κ1) is 36.3. The number of amides is 2. The number of primary amides is 1. The second kappa shape index (κ2) is 16.8. The topological polar surface area (TPSA) is 210 Å². The Bertz CT molecular complexity index is 1280. The van der Waals surface area contributed by atoms with Gasteiger partial charge < -0.3 is 51.0 Å². The van der Waals surface area contributed by atoms with E-state index in [4.69, 9.17) is 25.1 Å². The molecule has 6 atom stereocenters. The van der Waals surface area contributed by atoms with Crippen molar-refractivity contribution in [1.29, 1.82) is 0 Å². The van der Waals surface area contributed by atoms with Crippen LogP contribution in [0.15, 0.2) is 41.5 Å².